The molecule has 1 aromatic heterocycles. The van der Waals surface area contributed by atoms with Gasteiger partial charge in [-0.1, -0.05) is 18.2 Å². The summed E-state index contributed by atoms with van der Waals surface area (Å²) in [6, 6.07) is 17.5. The molecular weight excluding hydrogens is 376 g/mol. The summed E-state index contributed by atoms with van der Waals surface area (Å²) in [5.74, 6) is 0.649. The first-order valence-electron chi connectivity index (χ1n) is 10.6. The van der Waals surface area contributed by atoms with Gasteiger partial charge in [0, 0.05) is 17.6 Å². The molecule has 4 rings (SSSR count). The molecule has 0 bridgehead atoms. The zero-order valence-electron chi connectivity index (χ0n) is 17.4. The molecule has 5 nitrogen and oxygen atoms in total. The van der Waals surface area contributed by atoms with Crippen LogP contribution in [0.3, 0.4) is 0 Å². The number of carboxylic acid groups (broad SMARTS) is 1. The second kappa shape index (κ2) is 9.26. The third kappa shape index (κ3) is 4.97. The Morgan fingerprint density at radius 3 is 2.73 bits per heavy atom. The van der Waals surface area contributed by atoms with Crippen molar-refractivity contribution in [3.05, 3.63) is 71.4 Å². The molecule has 1 aliphatic heterocycles. The fourth-order valence-electron chi connectivity index (χ4n) is 4.22. The fourth-order valence-corrected chi connectivity index (χ4v) is 4.22. The van der Waals surface area contributed by atoms with Crippen molar-refractivity contribution in [3.8, 4) is 5.75 Å². The highest BCUT2D eigenvalue weighted by atomic mass is 16.5. The Morgan fingerprint density at radius 2 is 1.93 bits per heavy atom. The maximum Gasteiger partial charge on any atom is 0.335 e. The summed E-state index contributed by atoms with van der Waals surface area (Å²) in [4.78, 5) is 18.2. The molecule has 30 heavy (non-hydrogen) atoms. The lowest BCUT2D eigenvalue weighted by Crippen LogP contribution is -2.37. The van der Waals surface area contributed by atoms with Gasteiger partial charge in [0.1, 0.15) is 12.4 Å². The number of pyridine rings is 1. The molecule has 1 saturated heterocycles. The second-order valence-corrected chi connectivity index (χ2v) is 8.12. The Labute approximate surface area is 177 Å². The topological polar surface area (TPSA) is 62.7 Å². The Kier molecular flexibility index (Phi) is 6.29. The molecule has 3 aromatic rings. The van der Waals surface area contributed by atoms with Crippen LogP contribution in [0.5, 0.6) is 5.75 Å². The molecule has 2 heterocycles. The average molecular weight is 405 g/mol. The van der Waals surface area contributed by atoms with Crippen LogP contribution in [0.4, 0.5) is 0 Å². The molecule has 0 atom stereocenters. The number of ether oxygens (including phenoxy) is 1. The summed E-state index contributed by atoms with van der Waals surface area (Å²) in [5, 5.41) is 10.2. The predicted molar refractivity (Wildman–Crippen MR) is 118 cm³/mol. The van der Waals surface area contributed by atoms with E-state index in [1.165, 1.54) is 0 Å². The number of rotatable bonds is 7. The SMILES string of the molecule is Cc1ccc2c(OCCN3CCC(Cc4cccc(C(=O)O)c4)CC3)cccc2n1. The van der Waals surface area contributed by atoms with Gasteiger partial charge in [-0.05, 0) is 87.2 Å². The molecule has 0 aliphatic carbocycles. The molecule has 0 saturated carbocycles. The minimum atomic E-state index is -0.858. The second-order valence-electron chi connectivity index (χ2n) is 8.12. The number of piperidine rings is 1. The summed E-state index contributed by atoms with van der Waals surface area (Å²) in [6.07, 6.45) is 3.22. The van der Waals surface area contributed by atoms with Crippen molar-refractivity contribution in [2.75, 3.05) is 26.2 Å². The number of likely N-dealkylation sites (tertiary alicyclic amines) is 1. The number of aryl methyl sites for hydroxylation is 1. The monoisotopic (exact) mass is 404 g/mol. The Hall–Kier alpha value is -2.92. The van der Waals surface area contributed by atoms with Crippen molar-refractivity contribution in [2.24, 2.45) is 5.92 Å². The fraction of sp³-hybridized carbons (Fsp3) is 0.360. The molecule has 0 spiro atoms. The quantitative estimate of drug-likeness (QED) is 0.625. The normalized spacial score (nSPS) is 15.4. The summed E-state index contributed by atoms with van der Waals surface area (Å²) < 4.78 is 6.08. The van der Waals surface area contributed by atoms with Crippen molar-refractivity contribution in [3.63, 3.8) is 0 Å². The molecule has 2 aromatic carbocycles. The lowest BCUT2D eigenvalue weighted by atomic mass is 9.89. The lowest BCUT2D eigenvalue weighted by Gasteiger charge is -2.32. The summed E-state index contributed by atoms with van der Waals surface area (Å²) in [7, 11) is 0. The number of nitrogens with zero attached hydrogens (tertiary/aromatic N) is 2. The van der Waals surface area contributed by atoms with E-state index in [2.05, 4.69) is 16.0 Å². The molecule has 0 unspecified atom stereocenters. The van der Waals surface area contributed by atoms with Crippen LogP contribution in [0.1, 0.15) is 34.5 Å². The van der Waals surface area contributed by atoms with Crippen LogP contribution in [0.15, 0.2) is 54.6 Å². The average Bonchev–Trinajstić information content (AvgIpc) is 2.75. The lowest BCUT2D eigenvalue weighted by molar-refractivity contribution is 0.0696. The number of carboxylic acids is 1. The van der Waals surface area contributed by atoms with Gasteiger partial charge in [0.25, 0.3) is 0 Å². The van der Waals surface area contributed by atoms with Gasteiger partial charge in [0.15, 0.2) is 0 Å². The number of benzene rings is 2. The molecule has 156 valence electrons. The van der Waals surface area contributed by atoms with Crippen LogP contribution >= 0.6 is 0 Å². The van der Waals surface area contributed by atoms with E-state index < -0.39 is 5.97 Å². The van der Waals surface area contributed by atoms with Crippen molar-refractivity contribution >= 4 is 16.9 Å². The van der Waals surface area contributed by atoms with Gasteiger partial charge in [0.2, 0.25) is 0 Å². The number of aromatic carboxylic acids is 1. The van der Waals surface area contributed by atoms with E-state index in [1.54, 1.807) is 6.07 Å². The maximum absolute atomic E-state index is 11.2. The van der Waals surface area contributed by atoms with Gasteiger partial charge in [-0.2, -0.15) is 0 Å². The van der Waals surface area contributed by atoms with Crippen molar-refractivity contribution in [1.82, 2.24) is 9.88 Å². The van der Waals surface area contributed by atoms with Gasteiger partial charge < -0.3 is 9.84 Å². The van der Waals surface area contributed by atoms with Crippen LogP contribution in [0.25, 0.3) is 10.9 Å². The first-order valence-corrected chi connectivity index (χ1v) is 10.6. The van der Waals surface area contributed by atoms with E-state index in [-0.39, 0.29) is 0 Å². The maximum atomic E-state index is 11.2. The molecular formula is C25H28N2O3. The van der Waals surface area contributed by atoms with Crippen LogP contribution < -0.4 is 4.74 Å². The summed E-state index contributed by atoms with van der Waals surface area (Å²) in [6.45, 7) is 5.69. The Bertz CT molecular complexity index is 1030. The summed E-state index contributed by atoms with van der Waals surface area (Å²) >= 11 is 0. The third-order valence-electron chi connectivity index (χ3n) is 5.90. The first-order chi connectivity index (χ1) is 14.6. The van der Waals surface area contributed by atoms with E-state index in [0.717, 1.165) is 66.8 Å². The predicted octanol–water partition coefficient (Wildman–Crippen LogP) is 4.57. The highest BCUT2D eigenvalue weighted by molar-refractivity contribution is 5.87. The van der Waals surface area contributed by atoms with E-state index >= 15 is 0 Å². The van der Waals surface area contributed by atoms with Crippen molar-refractivity contribution in [1.29, 1.82) is 0 Å². The zero-order chi connectivity index (χ0) is 20.9. The van der Waals surface area contributed by atoms with Crippen LogP contribution in [-0.2, 0) is 6.42 Å². The summed E-state index contributed by atoms with van der Waals surface area (Å²) in [5.41, 5.74) is 3.48. The molecule has 1 fully saturated rings. The molecule has 1 aliphatic rings. The van der Waals surface area contributed by atoms with Crippen molar-refractivity contribution < 1.29 is 14.6 Å². The molecule has 0 radical (unpaired) electrons. The van der Waals surface area contributed by atoms with Crippen LogP contribution in [-0.4, -0.2) is 47.2 Å². The Balaban J connectivity index is 1.25. The van der Waals surface area contributed by atoms with Gasteiger partial charge in [0.05, 0.1) is 11.1 Å². The Morgan fingerprint density at radius 1 is 1.13 bits per heavy atom. The number of hydrogen-bond acceptors (Lipinski definition) is 4. The van der Waals surface area contributed by atoms with Gasteiger partial charge >= 0.3 is 5.97 Å². The number of carbonyl (C=O) groups is 1. The van der Waals surface area contributed by atoms with Crippen LogP contribution in [0.2, 0.25) is 0 Å². The number of aromatic nitrogens is 1. The van der Waals surface area contributed by atoms with E-state index in [0.29, 0.717) is 18.1 Å². The van der Waals surface area contributed by atoms with E-state index in [4.69, 9.17) is 9.84 Å². The first kappa shape index (κ1) is 20.4. The number of fused-ring (bicyclic) bond motifs is 1. The van der Waals surface area contributed by atoms with E-state index in [9.17, 15) is 4.79 Å². The van der Waals surface area contributed by atoms with Gasteiger partial charge in [-0.25, -0.2) is 4.79 Å². The smallest absolute Gasteiger partial charge is 0.335 e. The number of hydrogen-bond donors (Lipinski definition) is 1. The molecule has 1 N–H and O–H groups in total. The highest BCUT2D eigenvalue weighted by Gasteiger charge is 2.20. The van der Waals surface area contributed by atoms with Gasteiger partial charge in [-0.15, -0.1) is 0 Å². The molecule has 5 heteroatoms. The van der Waals surface area contributed by atoms with E-state index in [1.807, 2.05) is 49.4 Å². The van der Waals surface area contributed by atoms with Crippen molar-refractivity contribution in [2.45, 2.75) is 26.2 Å². The largest absolute Gasteiger partial charge is 0.492 e. The van der Waals surface area contributed by atoms with Gasteiger partial charge in [-0.3, -0.25) is 9.88 Å². The highest BCUT2D eigenvalue weighted by Crippen LogP contribution is 2.25. The van der Waals surface area contributed by atoms with Crippen LogP contribution in [0, 0.1) is 12.8 Å². The third-order valence-corrected chi connectivity index (χ3v) is 5.90. The molecule has 0 amide bonds. The standard InChI is InChI=1S/C25H28N2O3/c1-18-8-9-22-23(26-18)6-3-7-24(22)30-15-14-27-12-10-19(11-13-27)16-20-4-2-5-21(17-20)25(28)29/h2-9,17,19H,10-16H2,1H3,(H,28,29). The minimum Gasteiger partial charge on any atom is -0.492 e. The minimum absolute atomic E-state index is 0.376. The zero-order valence-corrected chi connectivity index (χ0v) is 17.4.